The van der Waals surface area contributed by atoms with Crippen LogP contribution >= 0.6 is 0 Å². The Hall–Kier alpha value is -1.74. The Morgan fingerprint density at radius 1 is 1.33 bits per heavy atom. The molecule has 1 rings (SSSR count). The number of alkyl halides is 2. The second kappa shape index (κ2) is 5.22. The number of hydrogen-bond donors (Lipinski definition) is 0. The molecule has 1 aromatic rings. The number of nitrogens with zero attached hydrogens (tertiary/aromatic N) is 1. The van der Waals surface area contributed by atoms with Gasteiger partial charge in [0, 0.05) is 0 Å². The molecule has 0 N–H and O–H groups in total. The van der Waals surface area contributed by atoms with E-state index < -0.39 is 6.61 Å². The molecule has 0 spiro atoms. The maximum atomic E-state index is 11.8. The minimum absolute atomic E-state index is 0.0797. The minimum Gasteiger partial charge on any atom is -0.435 e. The first-order valence-corrected chi connectivity index (χ1v) is 4.25. The summed E-state index contributed by atoms with van der Waals surface area (Å²) in [5.41, 5.74) is 0.736. The molecule has 0 aliphatic rings. The minimum atomic E-state index is -2.83. The lowest BCUT2D eigenvalue weighted by Gasteiger charge is -2.07. The predicted molar refractivity (Wildman–Crippen MR) is 49.6 cm³/mol. The molecule has 5 heteroatoms. The molecule has 0 fully saturated rings. The molecule has 0 aliphatic carbocycles. The fourth-order valence-corrected chi connectivity index (χ4v) is 1.08. The molecule has 0 aliphatic heterocycles. The van der Waals surface area contributed by atoms with Crippen molar-refractivity contribution in [2.45, 2.75) is 19.6 Å². The standard InChI is InChI=1S/C10H9F2NO2/c1-7(13-6-14)8-2-4-9(5-3-8)15-10(11)12/h2-5,7,10H,1H3. The highest BCUT2D eigenvalue weighted by molar-refractivity contribution is 5.36. The third-order valence-corrected chi connectivity index (χ3v) is 1.83. The van der Waals surface area contributed by atoms with Crippen LogP contribution in [-0.4, -0.2) is 12.7 Å². The first-order chi connectivity index (χ1) is 7.13. The van der Waals surface area contributed by atoms with E-state index in [9.17, 15) is 13.6 Å². The van der Waals surface area contributed by atoms with Gasteiger partial charge in [0.2, 0.25) is 6.08 Å². The number of aliphatic imine (C=N–C) groups is 1. The number of halogens is 2. The van der Waals surface area contributed by atoms with Gasteiger partial charge in [-0.05, 0) is 24.6 Å². The third-order valence-electron chi connectivity index (χ3n) is 1.83. The normalized spacial score (nSPS) is 12.0. The summed E-state index contributed by atoms with van der Waals surface area (Å²) < 4.78 is 27.8. The van der Waals surface area contributed by atoms with Gasteiger partial charge in [-0.15, -0.1) is 0 Å². The quantitative estimate of drug-likeness (QED) is 0.569. The van der Waals surface area contributed by atoms with Crippen LogP contribution in [0, 0.1) is 0 Å². The summed E-state index contributed by atoms with van der Waals surface area (Å²) in [6.07, 6.45) is 1.44. The molecule has 15 heavy (non-hydrogen) atoms. The van der Waals surface area contributed by atoms with Gasteiger partial charge in [-0.25, -0.2) is 4.79 Å². The molecule has 80 valence electrons. The van der Waals surface area contributed by atoms with Crippen LogP contribution in [0.4, 0.5) is 8.78 Å². The van der Waals surface area contributed by atoms with Crippen LogP contribution in [-0.2, 0) is 4.79 Å². The number of carbonyl (C=O) groups excluding carboxylic acids is 1. The Morgan fingerprint density at radius 2 is 1.93 bits per heavy atom. The molecule has 1 atom stereocenters. The molecule has 3 nitrogen and oxygen atoms in total. The first kappa shape index (κ1) is 11.3. The van der Waals surface area contributed by atoms with Crippen LogP contribution < -0.4 is 4.74 Å². The SMILES string of the molecule is CC(N=C=O)c1ccc(OC(F)F)cc1. The average molecular weight is 213 g/mol. The van der Waals surface area contributed by atoms with Gasteiger partial charge in [0.05, 0.1) is 6.04 Å². The Bertz CT molecular complexity index is 358. The topological polar surface area (TPSA) is 38.7 Å². The number of ether oxygens (including phenoxy) is 1. The van der Waals surface area contributed by atoms with Gasteiger partial charge in [-0.2, -0.15) is 13.8 Å². The number of benzene rings is 1. The van der Waals surface area contributed by atoms with E-state index in [4.69, 9.17) is 0 Å². The Labute approximate surface area is 85.4 Å². The Kier molecular flexibility index (Phi) is 3.94. The average Bonchev–Trinajstić information content (AvgIpc) is 2.18. The number of hydrogen-bond acceptors (Lipinski definition) is 3. The fourth-order valence-electron chi connectivity index (χ4n) is 1.08. The second-order valence-corrected chi connectivity index (χ2v) is 2.84. The number of isocyanates is 1. The zero-order chi connectivity index (χ0) is 11.3. The van der Waals surface area contributed by atoms with E-state index >= 15 is 0 Å². The molecule has 1 aromatic carbocycles. The lowest BCUT2D eigenvalue weighted by Crippen LogP contribution is -2.01. The maximum absolute atomic E-state index is 11.8. The predicted octanol–water partition coefficient (Wildman–Crippen LogP) is 2.68. The highest BCUT2D eigenvalue weighted by atomic mass is 19.3. The van der Waals surface area contributed by atoms with Crippen molar-refractivity contribution in [3.8, 4) is 5.75 Å². The van der Waals surface area contributed by atoms with Crippen LogP contribution in [0.15, 0.2) is 29.3 Å². The van der Waals surface area contributed by atoms with Crippen LogP contribution in [0.5, 0.6) is 5.75 Å². The van der Waals surface area contributed by atoms with Gasteiger partial charge >= 0.3 is 6.61 Å². The Balaban J connectivity index is 2.75. The van der Waals surface area contributed by atoms with Crippen molar-refractivity contribution in [3.63, 3.8) is 0 Å². The smallest absolute Gasteiger partial charge is 0.387 e. The highest BCUT2D eigenvalue weighted by Gasteiger charge is 2.06. The summed E-state index contributed by atoms with van der Waals surface area (Å²) in [4.78, 5) is 13.5. The van der Waals surface area contributed by atoms with Crippen molar-refractivity contribution in [1.29, 1.82) is 0 Å². The van der Waals surface area contributed by atoms with Crippen molar-refractivity contribution < 1.29 is 18.3 Å². The largest absolute Gasteiger partial charge is 0.435 e. The van der Waals surface area contributed by atoms with E-state index in [1.165, 1.54) is 18.2 Å². The van der Waals surface area contributed by atoms with Crippen molar-refractivity contribution in [2.75, 3.05) is 0 Å². The van der Waals surface area contributed by atoms with Gasteiger partial charge in [-0.1, -0.05) is 12.1 Å². The molecule has 0 amide bonds. The molecule has 0 aromatic heterocycles. The summed E-state index contributed by atoms with van der Waals surface area (Å²) in [6, 6.07) is 5.62. The van der Waals surface area contributed by atoms with Crippen molar-refractivity contribution in [2.24, 2.45) is 4.99 Å². The molecular weight excluding hydrogens is 204 g/mol. The molecule has 0 saturated carbocycles. The lowest BCUT2D eigenvalue weighted by molar-refractivity contribution is -0.0498. The molecular formula is C10H9F2NO2. The summed E-state index contributed by atoms with van der Waals surface area (Å²) in [5, 5.41) is 0. The van der Waals surface area contributed by atoms with E-state index in [0.717, 1.165) is 5.56 Å². The highest BCUT2D eigenvalue weighted by Crippen LogP contribution is 2.20. The van der Waals surface area contributed by atoms with Crippen molar-refractivity contribution >= 4 is 6.08 Å². The van der Waals surface area contributed by atoms with Gasteiger partial charge in [0.25, 0.3) is 0 Å². The monoisotopic (exact) mass is 213 g/mol. The van der Waals surface area contributed by atoms with Gasteiger partial charge < -0.3 is 4.74 Å². The van der Waals surface area contributed by atoms with Gasteiger partial charge in [-0.3, -0.25) is 0 Å². The van der Waals surface area contributed by atoms with E-state index in [1.54, 1.807) is 19.1 Å². The van der Waals surface area contributed by atoms with Crippen molar-refractivity contribution in [1.82, 2.24) is 0 Å². The second-order valence-electron chi connectivity index (χ2n) is 2.84. The lowest BCUT2D eigenvalue weighted by atomic mass is 10.1. The Morgan fingerprint density at radius 3 is 2.40 bits per heavy atom. The van der Waals surface area contributed by atoms with Gasteiger partial charge in [0.1, 0.15) is 5.75 Å². The molecule has 0 saturated heterocycles. The molecule has 0 bridgehead atoms. The summed E-state index contributed by atoms with van der Waals surface area (Å²) >= 11 is 0. The van der Waals surface area contributed by atoms with Crippen LogP contribution in [0.25, 0.3) is 0 Å². The zero-order valence-electron chi connectivity index (χ0n) is 7.98. The summed E-state index contributed by atoms with van der Waals surface area (Å²) in [5.74, 6) is 0.0797. The van der Waals surface area contributed by atoms with Crippen LogP contribution in [0.1, 0.15) is 18.5 Å². The van der Waals surface area contributed by atoms with Crippen LogP contribution in [0.2, 0.25) is 0 Å². The van der Waals surface area contributed by atoms with E-state index in [-0.39, 0.29) is 11.8 Å². The summed E-state index contributed by atoms with van der Waals surface area (Å²) in [7, 11) is 0. The zero-order valence-corrected chi connectivity index (χ0v) is 7.98. The molecule has 0 radical (unpaired) electrons. The van der Waals surface area contributed by atoms with Crippen LogP contribution in [0.3, 0.4) is 0 Å². The van der Waals surface area contributed by atoms with E-state index in [2.05, 4.69) is 9.73 Å². The fraction of sp³-hybridized carbons (Fsp3) is 0.300. The third kappa shape index (κ3) is 3.48. The molecule has 1 unspecified atom stereocenters. The summed E-state index contributed by atoms with van der Waals surface area (Å²) in [6.45, 7) is -1.13. The number of rotatable bonds is 4. The molecule has 0 heterocycles. The van der Waals surface area contributed by atoms with E-state index in [1.807, 2.05) is 0 Å². The van der Waals surface area contributed by atoms with E-state index in [0.29, 0.717) is 0 Å². The first-order valence-electron chi connectivity index (χ1n) is 4.25. The van der Waals surface area contributed by atoms with Gasteiger partial charge in [0.15, 0.2) is 0 Å². The van der Waals surface area contributed by atoms with Crippen molar-refractivity contribution in [3.05, 3.63) is 29.8 Å². The maximum Gasteiger partial charge on any atom is 0.387 e.